The monoisotopic (exact) mass is 283 g/mol. The van der Waals surface area contributed by atoms with Gasteiger partial charge in [-0.05, 0) is 22.9 Å². The van der Waals surface area contributed by atoms with Crippen molar-refractivity contribution in [1.29, 1.82) is 0 Å². The number of benzene rings is 1. The zero-order valence-corrected chi connectivity index (χ0v) is 10.6. The first-order valence-electron chi connectivity index (χ1n) is 4.54. The third-order valence-corrected chi connectivity index (χ3v) is 3.98. The van der Waals surface area contributed by atoms with Crippen molar-refractivity contribution >= 4 is 27.3 Å². The summed E-state index contributed by atoms with van der Waals surface area (Å²) in [4.78, 5) is 4.35. The summed E-state index contributed by atoms with van der Waals surface area (Å²) in [5.74, 6) is 0. The molecule has 78 valence electrons. The smallest absolute Gasteiger partial charge is 0.124 e. The second-order valence-electron chi connectivity index (χ2n) is 3.26. The highest BCUT2D eigenvalue weighted by Crippen LogP contribution is 2.31. The van der Waals surface area contributed by atoms with Gasteiger partial charge in [0, 0.05) is 5.56 Å². The molecule has 2 aromatic rings. The molecule has 0 aliphatic rings. The van der Waals surface area contributed by atoms with Gasteiger partial charge < -0.3 is 5.11 Å². The number of hydrogen-bond donors (Lipinski definition) is 1. The molecule has 0 saturated heterocycles. The van der Waals surface area contributed by atoms with Crippen molar-refractivity contribution in [2.24, 2.45) is 0 Å². The van der Waals surface area contributed by atoms with E-state index in [2.05, 4.69) is 40.0 Å². The molecular weight excluding hydrogens is 274 g/mol. The Morgan fingerprint density at radius 3 is 2.53 bits per heavy atom. The van der Waals surface area contributed by atoms with E-state index in [1.54, 1.807) is 11.3 Å². The molecular formula is C11H10BrNOS. The van der Waals surface area contributed by atoms with Crippen molar-refractivity contribution < 1.29 is 5.11 Å². The Bertz CT molecular complexity index is 464. The van der Waals surface area contributed by atoms with E-state index in [4.69, 9.17) is 5.11 Å². The van der Waals surface area contributed by atoms with Crippen molar-refractivity contribution in [3.05, 3.63) is 39.3 Å². The summed E-state index contributed by atoms with van der Waals surface area (Å²) in [7, 11) is 0. The molecule has 0 saturated carbocycles. The maximum Gasteiger partial charge on any atom is 0.124 e. The second-order valence-corrected chi connectivity index (χ2v) is 5.58. The maximum absolute atomic E-state index is 9.04. The Morgan fingerprint density at radius 1 is 1.33 bits per heavy atom. The van der Waals surface area contributed by atoms with Crippen LogP contribution in [0.15, 0.2) is 28.1 Å². The summed E-state index contributed by atoms with van der Waals surface area (Å²) < 4.78 is 0.903. The molecule has 0 amide bonds. The molecule has 0 unspecified atom stereocenters. The fraction of sp³-hybridized carbons (Fsp3) is 0.182. The number of thiazole rings is 1. The van der Waals surface area contributed by atoms with Crippen molar-refractivity contribution in [3.63, 3.8) is 0 Å². The Morgan fingerprint density at radius 2 is 2.00 bits per heavy atom. The molecule has 0 spiro atoms. The van der Waals surface area contributed by atoms with Crippen LogP contribution in [0.1, 0.15) is 11.3 Å². The summed E-state index contributed by atoms with van der Waals surface area (Å²) in [5, 5.41) is 9.97. The lowest BCUT2D eigenvalue weighted by atomic mass is 10.2. The lowest BCUT2D eigenvalue weighted by Crippen LogP contribution is -1.83. The molecule has 1 aromatic heterocycles. The number of aliphatic hydroxyl groups excluding tert-OH is 1. The van der Waals surface area contributed by atoms with Crippen LogP contribution in [0.25, 0.3) is 10.6 Å². The summed E-state index contributed by atoms with van der Waals surface area (Å²) in [6.07, 6.45) is 0. The zero-order valence-electron chi connectivity index (χ0n) is 8.20. The minimum Gasteiger partial charge on any atom is -0.390 e. The zero-order chi connectivity index (χ0) is 10.8. The van der Waals surface area contributed by atoms with E-state index < -0.39 is 0 Å². The van der Waals surface area contributed by atoms with Gasteiger partial charge in [0.2, 0.25) is 0 Å². The minimum absolute atomic E-state index is 0.0249. The Balaban J connectivity index is 2.41. The normalized spacial score (nSPS) is 10.6. The number of hydrogen-bond acceptors (Lipinski definition) is 3. The van der Waals surface area contributed by atoms with Crippen molar-refractivity contribution in [2.75, 3.05) is 0 Å². The van der Waals surface area contributed by atoms with E-state index in [1.807, 2.05) is 12.1 Å². The van der Waals surface area contributed by atoms with Gasteiger partial charge in [0.15, 0.2) is 0 Å². The minimum atomic E-state index is -0.0249. The molecule has 0 aliphatic heterocycles. The standard InChI is InChI=1S/C11H10BrNOS/c1-7-2-4-8(5-3-7)11-13-9(6-14)10(12)15-11/h2-5,14H,6H2,1H3. The van der Waals surface area contributed by atoms with E-state index in [9.17, 15) is 0 Å². The number of aryl methyl sites for hydroxylation is 1. The first-order valence-corrected chi connectivity index (χ1v) is 6.15. The first-order chi connectivity index (χ1) is 7.20. The van der Waals surface area contributed by atoms with Crippen molar-refractivity contribution in [1.82, 2.24) is 4.98 Å². The van der Waals surface area contributed by atoms with E-state index in [0.29, 0.717) is 5.69 Å². The van der Waals surface area contributed by atoms with Gasteiger partial charge in [-0.25, -0.2) is 4.98 Å². The predicted molar refractivity (Wildman–Crippen MR) is 65.9 cm³/mol. The summed E-state index contributed by atoms with van der Waals surface area (Å²) in [6.45, 7) is 2.03. The molecule has 2 nitrogen and oxygen atoms in total. The average Bonchev–Trinajstić information content (AvgIpc) is 2.61. The van der Waals surface area contributed by atoms with Crippen LogP contribution in [-0.2, 0) is 6.61 Å². The van der Waals surface area contributed by atoms with Crippen LogP contribution >= 0.6 is 27.3 Å². The van der Waals surface area contributed by atoms with Crippen LogP contribution in [-0.4, -0.2) is 10.1 Å². The predicted octanol–water partition coefficient (Wildman–Crippen LogP) is 3.37. The number of halogens is 1. The van der Waals surface area contributed by atoms with E-state index in [0.717, 1.165) is 14.4 Å². The van der Waals surface area contributed by atoms with Crippen LogP contribution < -0.4 is 0 Å². The quantitative estimate of drug-likeness (QED) is 0.917. The van der Waals surface area contributed by atoms with Crippen molar-refractivity contribution in [3.8, 4) is 10.6 Å². The van der Waals surface area contributed by atoms with Crippen LogP contribution in [0, 0.1) is 6.92 Å². The van der Waals surface area contributed by atoms with Crippen LogP contribution in [0.5, 0.6) is 0 Å². The Hall–Kier alpha value is -0.710. The molecule has 1 heterocycles. The number of aromatic nitrogens is 1. The molecule has 1 N–H and O–H groups in total. The second kappa shape index (κ2) is 4.43. The molecule has 4 heteroatoms. The van der Waals surface area contributed by atoms with Crippen LogP contribution in [0.4, 0.5) is 0 Å². The Labute approximate surface area is 101 Å². The fourth-order valence-electron chi connectivity index (χ4n) is 1.25. The number of rotatable bonds is 2. The highest BCUT2D eigenvalue weighted by atomic mass is 79.9. The first kappa shape index (κ1) is 10.8. The largest absolute Gasteiger partial charge is 0.390 e. The highest BCUT2D eigenvalue weighted by Gasteiger charge is 2.09. The van der Waals surface area contributed by atoms with Gasteiger partial charge in [-0.1, -0.05) is 29.8 Å². The van der Waals surface area contributed by atoms with Gasteiger partial charge in [-0.2, -0.15) is 0 Å². The van der Waals surface area contributed by atoms with Crippen LogP contribution in [0.2, 0.25) is 0 Å². The molecule has 15 heavy (non-hydrogen) atoms. The molecule has 0 fully saturated rings. The fourth-order valence-corrected chi connectivity index (χ4v) is 2.73. The Kier molecular flexibility index (Phi) is 3.19. The van der Waals surface area contributed by atoms with Gasteiger partial charge in [0.25, 0.3) is 0 Å². The van der Waals surface area contributed by atoms with Crippen LogP contribution in [0.3, 0.4) is 0 Å². The third kappa shape index (κ3) is 2.27. The summed E-state index contributed by atoms with van der Waals surface area (Å²) >= 11 is 4.93. The molecule has 0 aliphatic carbocycles. The van der Waals surface area contributed by atoms with E-state index in [-0.39, 0.29) is 6.61 Å². The molecule has 2 rings (SSSR count). The summed E-state index contributed by atoms with van der Waals surface area (Å²) in [6, 6.07) is 8.20. The number of nitrogens with zero attached hydrogens (tertiary/aromatic N) is 1. The highest BCUT2D eigenvalue weighted by molar-refractivity contribution is 9.11. The van der Waals surface area contributed by atoms with E-state index >= 15 is 0 Å². The van der Waals surface area contributed by atoms with Gasteiger partial charge in [0.1, 0.15) is 5.01 Å². The van der Waals surface area contributed by atoms with Gasteiger partial charge in [0.05, 0.1) is 16.1 Å². The molecule has 0 radical (unpaired) electrons. The van der Waals surface area contributed by atoms with Crippen molar-refractivity contribution in [2.45, 2.75) is 13.5 Å². The third-order valence-electron chi connectivity index (χ3n) is 2.10. The van der Waals surface area contributed by atoms with Gasteiger partial charge in [-0.15, -0.1) is 11.3 Å². The topological polar surface area (TPSA) is 33.1 Å². The number of aliphatic hydroxyl groups is 1. The average molecular weight is 284 g/mol. The SMILES string of the molecule is Cc1ccc(-c2nc(CO)c(Br)s2)cc1. The lowest BCUT2D eigenvalue weighted by molar-refractivity contribution is 0.277. The molecule has 0 bridgehead atoms. The van der Waals surface area contributed by atoms with Gasteiger partial charge in [-0.3, -0.25) is 0 Å². The molecule has 0 atom stereocenters. The molecule has 1 aromatic carbocycles. The maximum atomic E-state index is 9.04. The van der Waals surface area contributed by atoms with Gasteiger partial charge >= 0.3 is 0 Å². The summed E-state index contributed by atoms with van der Waals surface area (Å²) in [5.41, 5.74) is 3.03. The lowest BCUT2D eigenvalue weighted by Gasteiger charge is -1.96. The van der Waals surface area contributed by atoms with E-state index in [1.165, 1.54) is 5.56 Å².